The van der Waals surface area contributed by atoms with E-state index in [0.717, 1.165) is 37.0 Å². The topological polar surface area (TPSA) is 24.5 Å². The van der Waals surface area contributed by atoms with E-state index in [2.05, 4.69) is 29.3 Å². The Morgan fingerprint density at radius 3 is 2.76 bits per heavy atom. The molecule has 0 aliphatic heterocycles. The molecule has 0 saturated heterocycles. The number of methoxy groups -OCH3 is 1. The zero-order chi connectivity index (χ0) is 12.7. The third kappa shape index (κ3) is 4.54. The van der Waals surface area contributed by atoms with Crippen LogP contribution >= 0.6 is 11.6 Å². The number of hydrogen-bond donors (Lipinski definition) is 1. The van der Waals surface area contributed by atoms with Crippen LogP contribution in [0, 0.1) is 0 Å². The molecule has 1 aromatic rings. The highest BCUT2D eigenvalue weighted by Gasteiger charge is 2.05. The molecule has 3 nitrogen and oxygen atoms in total. The molecule has 0 aromatic heterocycles. The number of ether oxygens (including phenoxy) is 1. The fourth-order valence-corrected chi connectivity index (χ4v) is 1.89. The van der Waals surface area contributed by atoms with Crippen LogP contribution in [-0.2, 0) is 11.3 Å². The van der Waals surface area contributed by atoms with Crippen molar-refractivity contribution in [3.05, 3.63) is 28.8 Å². The molecule has 17 heavy (non-hydrogen) atoms. The lowest BCUT2D eigenvalue weighted by atomic mass is 10.2. The quantitative estimate of drug-likeness (QED) is 0.759. The van der Waals surface area contributed by atoms with E-state index in [9.17, 15) is 0 Å². The highest BCUT2D eigenvalue weighted by Crippen LogP contribution is 2.25. The number of halogens is 1. The maximum Gasteiger partial charge on any atom is 0.0642 e. The first-order valence-corrected chi connectivity index (χ1v) is 6.26. The van der Waals surface area contributed by atoms with Gasteiger partial charge in [0.25, 0.3) is 0 Å². The van der Waals surface area contributed by atoms with Gasteiger partial charge >= 0.3 is 0 Å². The summed E-state index contributed by atoms with van der Waals surface area (Å²) in [4.78, 5) is 2.13. The molecule has 1 aromatic carbocycles. The molecule has 0 aliphatic rings. The van der Waals surface area contributed by atoms with Gasteiger partial charge < -0.3 is 15.0 Å². The van der Waals surface area contributed by atoms with Crippen molar-refractivity contribution >= 4 is 17.3 Å². The van der Waals surface area contributed by atoms with Gasteiger partial charge in [0.2, 0.25) is 0 Å². The summed E-state index contributed by atoms with van der Waals surface area (Å²) in [6.07, 6.45) is 0. The van der Waals surface area contributed by atoms with Crippen LogP contribution in [0.3, 0.4) is 0 Å². The minimum Gasteiger partial charge on any atom is -0.383 e. The molecule has 0 bridgehead atoms. The zero-order valence-corrected chi connectivity index (χ0v) is 11.5. The van der Waals surface area contributed by atoms with Gasteiger partial charge in [-0.2, -0.15) is 0 Å². The highest BCUT2D eigenvalue weighted by molar-refractivity contribution is 6.33. The lowest BCUT2D eigenvalue weighted by molar-refractivity contribution is 0.199. The second-order valence-electron chi connectivity index (χ2n) is 3.97. The molecule has 1 N–H and O–H groups in total. The van der Waals surface area contributed by atoms with Gasteiger partial charge in [0.15, 0.2) is 0 Å². The van der Waals surface area contributed by atoms with E-state index in [4.69, 9.17) is 16.3 Å². The molecule has 4 heteroatoms. The number of anilines is 1. The third-order valence-corrected chi connectivity index (χ3v) is 3.01. The van der Waals surface area contributed by atoms with Crippen molar-refractivity contribution in [1.29, 1.82) is 0 Å². The molecule has 0 amide bonds. The van der Waals surface area contributed by atoms with Gasteiger partial charge in [-0.25, -0.2) is 0 Å². The Kier molecular flexibility index (Phi) is 6.34. The van der Waals surface area contributed by atoms with Gasteiger partial charge in [0.05, 0.1) is 17.3 Å². The molecule has 0 saturated carbocycles. The van der Waals surface area contributed by atoms with Crippen LogP contribution in [0.25, 0.3) is 0 Å². The van der Waals surface area contributed by atoms with Crippen LogP contribution in [0.15, 0.2) is 18.2 Å². The lowest BCUT2D eigenvalue weighted by Crippen LogP contribution is -2.19. The summed E-state index contributed by atoms with van der Waals surface area (Å²) >= 11 is 6.25. The molecule has 0 atom stereocenters. The highest BCUT2D eigenvalue weighted by atomic mass is 35.5. The number of rotatable bonds is 7. The minimum atomic E-state index is 0.727. The Morgan fingerprint density at radius 1 is 1.41 bits per heavy atom. The van der Waals surface area contributed by atoms with E-state index >= 15 is 0 Å². The van der Waals surface area contributed by atoms with Crippen molar-refractivity contribution in [2.75, 3.05) is 38.8 Å². The Labute approximate surface area is 109 Å². The molecule has 0 fully saturated rings. The first-order chi connectivity index (χ1) is 8.19. The molecule has 1 rings (SSSR count). The number of nitrogens with zero attached hydrogens (tertiary/aromatic N) is 1. The average molecular weight is 257 g/mol. The van der Waals surface area contributed by atoms with E-state index in [-0.39, 0.29) is 0 Å². The van der Waals surface area contributed by atoms with Crippen molar-refractivity contribution in [3.63, 3.8) is 0 Å². The van der Waals surface area contributed by atoms with Crippen molar-refractivity contribution in [3.8, 4) is 0 Å². The Bertz CT molecular complexity index is 344. The number of nitrogens with one attached hydrogen (secondary N) is 1. The molecular formula is C13H21ClN2O. The maximum atomic E-state index is 6.25. The van der Waals surface area contributed by atoms with Crippen molar-refractivity contribution < 1.29 is 4.74 Å². The standard InChI is InChI=1S/C13H21ClN2O/c1-4-16(2)13-6-5-11(9-12(13)14)10-15-7-8-17-3/h5-6,9,15H,4,7-8,10H2,1-3H3. The predicted molar refractivity (Wildman–Crippen MR) is 74.0 cm³/mol. The molecule has 0 spiro atoms. The minimum absolute atomic E-state index is 0.727. The SMILES string of the molecule is CCN(C)c1ccc(CNCCOC)cc1Cl. The van der Waals surface area contributed by atoms with E-state index in [0.29, 0.717) is 0 Å². The smallest absolute Gasteiger partial charge is 0.0642 e. The van der Waals surface area contributed by atoms with Crippen LogP contribution in [0.5, 0.6) is 0 Å². The van der Waals surface area contributed by atoms with Gasteiger partial charge in [0.1, 0.15) is 0 Å². The Morgan fingerprint density at radius 2 is 2.18 bits per heavy atom. The molecule has 96 valence electrons. The summed E-state index contributed by atoms with van der Waals surface area (Å²) in [5.41, 5.74) is 2.27. The van der Waals surface area contributed by atoms with Crippen LogP contribution in [0.2, 0.25) is 5.02 Å². The second-order valence-corrected chi connectivity index (χ2v) is 4.38. The predicted octanol–water partition coefficient (Wildman–Crippen LogP) is 2.53. The van der Waals surface area contributed by atoms with Gasteiger partial charge in [0, 0.05) is 33.8 Å². The van der Waals surface area contributed by atoms with E-state index in [1.165, 1.54) is 5.56 Å². The van der Waals surface area contributed by atoms with Gasteiger partial charge in [-0.15, -0.1) is 0 Å². The van der Waals surface area contributed by atoms with E-state index in [1.54, 1.807) is 7.11 Å². The van der Waals surface area contributed by atoms with Crippen molar-refractivity contribution in [1.82, 2.24) is 5.32 Å². The van der Waals surface area contributed by atoms with Crippen LogP contribution in [-0.4, -0.2) is 33.9 Å². The van der Waals surface area contributed by atoms with Crippen LogP contribution in [0.1, 0.15) is 12.5 Å². The largest absolute Gasteiger partial charge is 0.383 e. The zero-order valence-electron chi connectivity index (χ0n) is 10.8. The van der Waals surface area contributed by atoms with E-state index in [1.807, 2.05) is 13.1 Å². The first-order valence-electron chi connectivity index (χ1n) is 5.88. The summed E-state index contributed by atoms with van der Waals surface area (Å²) < 4.78 is 4.97. The van der Waals surface area contributed by atoms with Gasteiger partial charge in [-0.3, -0.25) is 0 Å². The fourth-order valence-electron chi connectivity index (χ4n) is 1.55. The summed E-state index contributed by atoms with van der Waals surface area (Å²) in [6.45, 7) is 5.45. The molecule has 0 aliphatic carbocycles. The average Bonchev–Trinajstić information content (AvgIpc) is 2.34. The van der Waals surface area contributed by atoms with Crippen molar-refractivity contribution in [2.24, 2.45) is 0 Å². The fraction of sp³-hybridized carbons (Fsp3) is 0.538. The van der Waals surface area contributed by atoms with E-state index < -0.39 is 0 Å². The normalized spacial score (nSPS) is 10.6. The second kappa shape index (κ2) is 7.54. The number of hydrogen-bond acceptors (Lipinski definition) is 3. The monoisotopic (exact) mass is 256 g/mol. The number of benzene rings is 1. The molecule has 0 heterocycles. The first kappa shape index (κ1) is 14.3. The third-order valence-electron chi connectivity index (χ3n) is 2.71. The maximum absolute atomic E-state index is 6.25. The van der Waals surface area contributed by atoms with Crippen molar-refractivity contribution in [2.45, 2.75) is 13.5 Å². The lowest BCUT2D eigenvalue weighted by Gasteiger charge is -2.18. The summed E-state index contributed by atoms with van der Waals surface area (Å²) in [5, 5.41) is 4.10. The Balaban J connectivity index is 2.56. The summed E-state index contributed by atoms with van der Waals surface area (Å²) in [7, 11) is 3.74. The molecule has 0 radical (unpaired) electrons. The molecular weight excluding hydrogens is 236 g/mol. The van der Waals surface area contributed by atoms with Gasteiger partial charge in [-0.1, -0.05) is 17.7 Å². The summed E-state index contributed by atoms with van der Waals surface area (Å²) in [6, 6.07) is 6.19. The van der Waals surface area contributed by atoms with Gasteiger partial charge in [-0.05, 0) is 24.6 Å². The van der Waals surface area contributed by atoms with Crippen LogP contribution in [0.4, 0.5) is 5.69 Å². The summed E-state index contributed by atoms with van der Waals surface area (Å²) in [5.74, 6) is 0. The Hall–Kier alpha value is -0.770. The molecule has 0 unspecified atom stereocenters. The van der Waals surface area contributed by atoms with Crippen LogP contribution < -0.4 is 10.2 Å².